The monoisotopic (exact) mass is 349 g/mol. The molecule has 3 heterocycles. The van der Waals surface area contributed by atoms with Gasteiger partial charge in [0, 0.05) is 37.9 Å². The van der Waals surface area contributed by atoms with E-state index in [2.05, 4.69) is 37.6 Å². The first-order valence-corrected chi connectivity index (χ1v) is 8.24. The highest BCUT2D eigenvalue weighted by molar-refractivity contribution is 5.58. The van der Waals surface area contributed by atoms with Crippen LogP contribution in [-0.4, -0.2) is 41.0 Å². The second-order valence-corrected chi connectivity index (χ2v) is 6.33. The molecule has 1 unspecified atom stereocenters. The molecule has 5 nitrogen and oxygen atoms in total. The summed E-state index contributed by atoms with van der Waals surface area (Å²) in [4.78, 5) is 9.72. The third-order valence-corrected chi connectivity index (χ3v) is 4.74. The van der Waals surface area contributed by atoms with E-state index in [0.29, 0.717) is 11.9 Å². The summed E-state index contributed by atoms with van der Waals surface area (Å²) in [6.45, 7) is 4.07. The molecule has 132 valence electrons. The van der Waals surface area contributed by atoms with Gasteiger partial charge in [0.05, 0.1) is 12.4 Å². The normalized spacial score (nSPS) is 20.7. The number of rotatable bonds is 2. The summed E-state index contributed by atoms with van der Waals surface area (Å²) in [6, 6.07) is 6.49. The predicted molar refractivity (Wildman–Crippen MR) is 87.6 cm³/mol. The number of aromatic nitrogens is 2. The van der Waals surface area contributed by atoms with E-state index in [4.69, 9.17) is 0 Å². The second-order valence-electron chi connectivity index (χ2n) is 6.33. The zero-order valence-electron chi connectivity index (χ0n) is 13.5. The van der Waals surface area contributed by atoms with Gasteiger partial charge in [0.1, 0.15) is 5.82 Å². The first-order chi connectivity index (χ1) is 12.0. The topological polar surface area (TPSA) is 53.1 Å². The molecular weight excluding hydrogens is 331 g/mol. The van der Waals surface area contributed by atoms with Crippen LogP contribution in [0.4, 0.5) is 24.7 Å². The van der Waals surface area contributed by atoms with Crippen molar-refractivity contribution in [2.75, 3.05) is 31.5 Å². The zero-order chi connectivity index (χ0) is 17.4. The van der Waals surface area contributed by atoms with E-state index in [-0.39, 0.29) is 0 Å². The Kier molecular flexibility index (Phi) is 4.09. The highest BCUT2D eigenvalue weighted by Gasteiger charge is 2.33. The average molecular weight is 349 g/mol. The summed E-state index contributed by atoms with van der Waals surface area (Å²) in [5.74, 6) is 0.296. The lowest BCUT2D eigenvalue weighted by Crippen LogP contribution is -2.48. The summed E-state index contributed by atoms with van der Waals surface area (Å²) in [5.41, 5.74) is 2.41. The summed E-state index contributed by atoms with van der Waals surface area (Å²) in [6.07, 6.45) is -1.65. The molecule has 1 fully saturated rings. The van der Waals surface area contributed by atoms with Crippen LogP contribution >= 0.6 is 0 Å². The number of alkyl halides is 3. The molecule has 2 N–H and O–H groups in total. The molecule has 1 saturated heterocycles. The molecule has 0 spiro atoms. The van der Waals surface area contributed by atoms with E-state index in [9.17, 15) is 13.2 Å². The molecule has 2 aliphatic rings. The highest BCUT2D eigenvalue weighted by Crippen LogP contribution is 2.33. The van der Waals surface area contributed by atoms with Gasteiger partial charge in [-0.25, -0.2) is 9.97 Å². The van der Waals surface area contributed by atoms with Crippen molar-refractivity contribution >= 4 is 11.5 Å². The van der Waals surface area contributed by atoms with Crippen molar-refractivity contribution in [1.82, 2.24) is 20.2 Å². The smallest absolute Gasteiger partial charge is 0.339 e. The highest BCUT2D eigenvalue weighted by atomic mass is 19.4. The minimum Gasteiger partial charge on any atom is -0.339 e. The summed E-state index contributed by atoms with van der Waals surface area (Å²) >= 11 is 0. The molecule has 0 aliphatic carbocycles. The maximum atomic E-state index is 12.5. The van der Waals surface area contributed by atoms with Crippen molar-refractivity contribution in [3.8, 4) is 0 Å². The number of fused-ring (bicyclic) bond motifs is 3. The number of hydrogen-bond donors (Lipinski definition) is 2. The quantitative estimate of drug-likeness (QED) is 0.873. The molecule has 2 aliphatic heterocycles. The standard InChI is InChI=1S/C17H18F3N5/c18-17(19,20)15-9-23-16(10-22-15)24-12-1-2-13-11(7-12)3-5-25-6-4-21-8-14(13)25/h1-2,7,9-10,14,21H,3-6,8H2,(H,23,24). The SMILES string of the molecule is FC(F)(F)c1cnc(Nc2ccc3c(c2)CCN2CCNCC32)cn1. The van der Waals surface area contributed by atoms with Gasteiger partial charge < -0.3 is 10.6 Å². The van der Waals surface area contributed by atoms with Crippen molar-refractivity contribution in [1.29, 1.82) is 0 Å². The van der Waals surface area contributed by atoms with E-state index in [1.165, 1.54) is 11.1 Å². The number of anilines is 2. The fourth-order valence-corrected chi connectivity index (χ4v) is 3.50. The van der Waals surface area contributed by atoms with Crippen LogP contribution in [0, 0.1) is 0 Å². The lowest BCUT2D eigenvalue weighted by molar-refractivity contribution is -0.141. The van der Waals surface area contributed by atoms with Gasteiger partial charge in [-0.05, 0) is 29.7 Å². The lowest BCUT2D eigenvalue weighted by atomic mass is 9.91. The van der Waals surface area contributed by atoms with Crippen molar-refractivity contribution < 1.29 is 13.2 Å². The van der Waals surface area contributed by atoms with E-state index >= 15 is 0 Å². The number of nitrogens with zero attached hydrogens (tertiary/aromatic N) is 3. The van der Waals surface area contributed by atoms with Gasteiger partial charge >= 0.3 is 6.18 Å². The summed E-state index contributed by atoms with van der Waals surface area (Å²) < 4.78 is 37.6. The van der Waals surface area contributed by atoms with E-state index in [1.54, 1.807) is 0 Å². The van der Waals surface area contributed by atoms with Gasteiger partial charge in [-0.1, -0.05) is 6.07 Å². The van der Waals surface area contributed by atoms with Crippen molar-refractivity contribution in [2.45, 2.75) is 18.6 Å². The van der Waals surface area contributed by atoms with Gasteiger partial charge in [0.2, 0.25) is 0 Å². The van der Waals surface area contributed by atoms with Gasteiger partial charge in [-0.3, -0.25) is 4.90 Å². The third kappa shape index (κ3) is 3.32. The van der Waals surface area contributed by atoms with E-state index in [0.717, 1.165) is 50.7 Å². The Bertz CT molecular complexity index is 760. The fraction of sp³-hybridized carbons (Fsp3) is 0.412. The van der Waals surface area contributed by atoms with Crippen LogP contribution in [0.3, 0.4) is 0 Å². The molecule has 1 aromatic heterocycles. The third-order valence-electron chi connectivity index (χ3n) is 4.74. The van der Waals surface area contributed by atoms with Gasteiger partial charge in [-0.15, -0.1) is 0 Å². The molecule has 4 rings (SSSR count). The van der Waals surface area contributed by atoms with Crippen LogP contribution in [0.5, 0.6) is 0 Å². The first-order valence-electron chi connectivity index (χ1n) is 8.24. The van der Waals surface area contributed by atoms with Crippen LogP contribution < -0.4 is 10.6 Å². The van der Waals surface area contributed by atoms with Crippen molar-refractivity contribution in [2.24, 2.45) is 0 Å². The number of nitrogens with one attached hydrogen (secondary N) is 2. The largest absolute Gasteiger partial charge is 0.434 e. The molecular formula is C17H18F3N5. The Morgan fingerprint density at radius 1 is 1.16 bits per heavy atom. The summed E-state index contributed by atoms with van der Waals surface area (Å²) in [5, 5.41) is 6.46. The van der Waals surface area contributed by atoms with Crippen LogP contribution in [0.2, 0.25) is 0 Å². The number of benzene rings is 1. The maximum Gasteiger partial charge on any atom is 0.434 e. The van der Waals surface area contributed by atoms with Gasteiger partial charge in [0.25, 0.3) is 0 Å². The van der Waals surface area contributed by atoms with Crippen LogP contribution in [-0.2, 0) is 12.6 Å². The molecule has 25 heavy (non-hydrogen) atoms. The van der Waals surface area contributed by atoms with Crippen LogP contribution in [0.1, 0.15) is 22.9 Å². The number of hydrogen-bond acceptors (Lipinski definition) is 5. The fourth-order valence-electron chi connectivity index (χ4n) is 3.50. The number of piperazine rings is 1. The molecule has 0 bridgehead atoms. The summed E-state index contributed by atoms with van der Waals surface area (Å²) in [7, 11) is 0. The van der Waals surface area contributed by atoms with Gasteiger partial charge in [0.15, 0.2) is 5.69 Å². The molecule has 0 radical (unpaired) electrons. The molecule has 8 heteroatoms. The zero-order valence-corrected chi connectivity index (χ0v) is 13.5. The van der Waals surface area contributed by atoms with Crippen molar-refractivity contribution in [3.05, 3.63) is 47.4 Å². The van der Waals surface area contributed by atoms with Crippen LogP contribution in [0.15, 0.2) is 30.6 Å². The van der Waals surface area contributed by atoms with Crippen molar-refractivity contribution in [3.63, 3.8) is 0 Å². The lowest BCUT2D eigenvalue weighted by Gasteiger charge is -2.41. The van der Waals surface area contributed by atoms with E-state index in [1.807, 2.05) is 6.07 Å². The number of halogens is 3. The minimum absolute atomic E-state index is 0.296. The Labute approximate surface area is 143 Å². The Morgan fingerprint density at radius 2 is 2.04 bits per heavy atom. The first kappa shape index (κ1) is 16.3. The van der Waals surface area contributed by atoms with Gasteiger partial charge in [-0.2, -0.15) is 13.2 Å². The molecule has 2 aromatic rings. The second kappa shape index (κ2) is 6.27. The minimum atomic E-state index is -4.47. The van der Waals surface area contributed by atoms with E-state index < -0.39 is 11.9 Å². The predicted octanol–water partition coefficient (Wildman–Crippen LogP) is 2.74. The Morgan fingerprint density at radius 3 is 2.80 bits per heavy atom. The maximum absolute atomic E-state index is 12.5. The molecule has 0 amide bonds. The molecule has 1 aromatic carbocycles. The Hall–Kier alpha value is -2.19. The Balaban J connectivity index is 1.53. The molecule has 1 atom stereocenters. The van der Waals surface area contributed by atoms with Crippen LogP contribution in [0.25, 0.3) is 0 Å². The molecule has 0 saturated carbocycles. The average Bonchev–Trinajstić information content (AvgIpc) is 2.61.